The first-order chi connectivity index (χ1) is 27.1. The molecule has 0 aliphatic rings. The summed E-state index contributed by atoms with van der Waals surface area (Å²) in [6, 6.07) is -0.618. The highest BCUT2D eigenvalue weighted by molar-refractivity contribution is 5.72. The van der Waals surface area contributed by atoms with E-state index in [9.17, 15) is 19.5 Å². The molecule has 0 amide bonds. The zero-order valence-electron chi connectivity index (χ0n) is 36.8. The van der Waals surface area contributed by atoms with Gasteiger partial charge in [-0.2, -0.15) is 0 Å². The van der Waals surface area contributed by atoms with Crippen LogP contribution in [0, 0.1) is 0 Å². The predicted molar refractivity (Wildman–Crippen MR) is 234 cm³/mol. The number of esters is 2. The first kappa shape index (κ1) is 53.3. The number of carbonyl (C=O) groups is 3. The first-order valence-electron chi connectivity index (χ1n) is 22.7. The Morgan fingerprint density at radius 3 is 1.48 bits per heavy atom. The number of nitrogens with zero attached hydrogens (tertiary/aromatic N) is 1. The number of carboxylic acids is 1. The number of carboxylic acid groups (broad SMARTS) is 1. The molecule has 8 heteroatoms. The minimum Gasteiger partial charge on any atom is -0.477 e. The van der Waals surface area contributed by atoms with E-state index in [0.29, 0.717) is 19.3 Å². The number of hydrogen-bond donors (Lipinski definition) is 1. The van der Waals surface area contributed by atoms with Gasteiger partial charge in [0.15, 0.2) is 12.1 Å². The maximum atomic E-state index is 12.7. The Bertz CT molecular complexity index is 1060. The number of allylic oxidation sites excluding steroid dienone is 8. The number of unbranched alkanes of at least 4 members (excludes halogenated alkanes) is 19. The lowest BCUT2D eigenvalue weighted by Crippen LogP contribution is -2.50. The largest absolute Gasteiger partial charge is 0.477 e. The zero-order valence-corrected chi connectivity index (χ0v) is 36.8. The average Bonchev–Trinajstić information content (AvgIpc) is 3.15. The van der Waals surface area contributed by atoms with Crippen LogP contribution in [0.15, 0.2) is 48.6 Å². The number of likely N-dealkylation sites (N-methyl/N-ethyl adjacent to an activating group) is 1. The van der Waals surface area contributed by atoms with E-state index in [1.165, 1.54) is 83.5 Å². The highest BCUT2D eigenvalue weighted by Crippen LogP contribution is 2.14. The van der Waals surface area contributed by atoms with E-state index in [1.807, 2.05) is 21.1 Å². The molecule has 0 heterocycles. The van der Waals surface area contributed by atoms with Gasteiger partial charge in [-0.3, -0.25) is 9.59 Å². The third-order valence-corrected chi connectivity index (χ3v) is 9.98. The van der Waals surface area contributed by atoms with Crippen molar-refractivity contribution in [3.05, 3.63) is 48.6 Å². The Morgan fingerprint density at radius 2 is 1.00 bits per heavy atom. The molecular formula is C48H86NO7+. The van der Waals surface area contributed by atoms with Gasteiger partial charge in [0.25, 0.3) is 0 Å². The third-order valence-electron chi connectivity index (χ3n) is 9.98. The van der Waals surface area contributed by atoms with Gasteiger partial charge in [-0.05, 0) is 70.6 Å². The number of rotatable bonds is 40. The van der Waals surface area contributed by atoms with Gasteiger partial charge in [-0.1, -0.05) is 146 Å². The van der Waals surface area contributed by atoms with Gasteiger partial charge in [-0.15, -0.1) is 0 Å². The number of hydrogen-bond acceptors (Lipinski definition) is 6. The Labute approximate surface area is 344 Å². The summed E-state index contributed by atoms with van der Waals surface area (Å²) in [5.41, 5.74) is 0. The SMILES string of the molecule is CCCCC/C=C/C=C/CCCCCCCCC(=O)OC(COCCC(C(=O)O)[N+](C)(C)C)COC(=O)CCCCCCCCC/C=C/C/C=C/CCCCC. The van der Waals surface area contributed by atoms with Gasteiger partial charge >= 0.3 is 17.9 Å². The molecule has 2 atom stereocenters. The Hall–Kier alpha value is -2.71. The smallest absolute Gasteiger partial charge is 0.362 e. The molecule has 0 saturated heterocycles. The zero-order chi connectivity index (χ0) is 41.4. The topological polar surface area (TPSA) is 99.1 Å². The second-order valence-corrected chi connectivity index (χ2v) is 16.3. The van der Waals surface area contributed by atoms with E-state index in [0.717, 1.165) is 70.6 Å². The van der Waals surface area contributed by atoms with E-state index in [1.54, 1.807) is 0 Å². The highest BCUT2D eigenvalue weighted by atomic mass is 16.6. The maximum absolute atomic E-state index is 12.7. The summed E-state index contributed by atoms with van der Waals surface area (Å²) >= 11 is 0. The van der Waals surface area contributed by atoms with Crippen molar-refractivity contribution in [2.75, 3.05) is 41.0 Å². The molecule has 0 bridgehead atoms. The molecule has 0 fully saturated rings. The predicted octanol–water partition coefficient (Wildman–Crippen LogP) is 12.4. The molecule has 0 aliphatic carbocycles. The molecule has 2 unspecified atom stereocenters. The van der Waals surface area contributed by atoms with Crippen LogP contribution in [-0.2, 0) is 28.6 Å². The monoisotopic (exact) mass is 789 g/mol. The molecule has 0 rings (SSSR count). The van der Waals surface area contributed by atoms with Crippen molar-refractivity contribution in [1.29, 1.82) is 0 Å². The van der Waals surface area contributed by atoms with E-state index < -0.39 is 18.1 Å². The fraction of sp³-hybridized carbons (Fsp3) is 0.771. The molecule has 0 spiro atoms. The third kappa shape index (κ3) is 36.9. The first-order valence-corrected chi connectivity index (χ1v) is 22.7. The van der Waals surface area contributed by atoms with Crippen molar-refractivity contribution in [2.45, 2.75) is 199 Å². The highest BCUT2D eigenvalue weighted by Gasteiger charge is 2.31. The summed E-state index contributed by atoms with van der Waals surface area (Å²) in [6.45, 7) is 4.66. The Kier molecular flexibility index (Phi) is 37.2. The van der Waals surface area contributed by atoms with Crippen LogP contribution >= 0.6 is 0 Å². The second-order valence-electron chi connectivity index (χ2n) is 16.3. The maximum Gasteiger partial charge on any atom is 0.362 e. The fourth-order valence-electron chi connectivity index (χ4n) is 6.41. The number of carbonyl (C=O) groups excluding carboxylic acids is 2. The summed E-state index contributed by atoms with van der Waals surface area (Å²) in [5, 5.41) is 9.62. The van der Waals surface area contributed by atoms with Crippen molar-refractivity contribution < 1.29 is 38.2 Å². The van der Waals surface area contributed by atoms with Crippen LogP contribution < -0.4 is 0 Å². The van der Waals surface area contributed by atoms with Gasteiger partial charge < -0.3 is 23.8 Å². The summed E-state index contributed by atoms with van der Waals surface area (Å²) in [6.07, 6.45) is 45.7. The summed E-state index contributed by atoms with van der Waals surface area (Å²) in [7, 11) is 5.52. The van der Waals surface area contributed by atoms with Crippen LogP contribution in [-0.4, -0.2) is 80.6 Å². The van der Waals surface area contributed by atoms with Gasteiger partial charge in [0.1, 0.15) is 6.61 Å². The van der Waals surface area contributed by atoms with E-state index >= 15 is 0 Å². The van der Waals surface area contributed by atoms with Gasteiger partial charge in [0.2, 0.25) is 0 Å². The summed E-state index contributed by atoms with van der Waals surface area (Å²) in [4.78, 5) is 37.0. The Balaban J connectivity index is 4.36. The number of quaternary nitrogens is 1. The summed E-state index contributed by atoms with van der Waals surface area (Å²) in [5.74, 6) is -1.49. The minimum absolute atomic E-state index is 0.0531. The molecule has 0 saturated carbocycles. The van der Waals surface area contributed by atoms with Crippen LogP contribution in [0.5, 0.6) is 0 Å². The van der Waals surface area contributed by atoms with Crippen LogP contribution in [0.25, 0.3) is 0 Å². The van der Waals surface area contributed by atoms with Crippen LogP contribution in [0.4, 0.5) is 0 Å². The van der Waals surface area contributed by atoms with Crippen LogP contribution in [0.1, 0.15) is 187 Å². The molecule has 0 aromatic heterocycles. The second kappa shape index (κ2) is 39.1. The molecule has 324 valence electrons. The standard InChI is InChI=1S/C48H85NO7/c1-6-8-10-12-14-16-18-20-22-23-25-26-28-30-32-34-36-38-46(50)55-43-44(42-54-41-40-45(48(52)53)49(3,4)5)56-47(51)39-37-35-33-31-29-27-24-21-19-17-15-13-11-9-7-2/h14-17,19-22,44-45H,6-13,18,23-43H2,1-5H3/p+1/b16-14+,17-15+,21-19+,22-20+. The lowest BCUT2D eigenvalue weighted by atomic mass is 10.1. The lowest BCUT2D eigenvalue weighted by Gasteiger charge is -2.31. The quantitative estimate of drug-likeness (QED) is 0.0217. The minimum atomic E-state index is -0.879. The van der Waals surface area contributed by atoms with E-state index in [4.69, 9.17) is 14.2 Å². The number of aliphatic carboxylic acids is 1. The molecule has 0 radical (unpaired) electrons. The van der Waals surface area contributed by atoms with E-state index in [-0.39, 0.29) is 36.2 Å². The van der Waals surface area contributed by atoms with Crippen molar-refractivity contribution in [3.8, 4) is 0 Å². The van der Waals surface area contributed by atoms with Crippen LogP contribution in [0.2, 0.25) is 0 Å². The molecule has 0 aromatic rings. The normalized spacial score (nSPS) is 13.4. The molecular weight excluding hydrogens is 703 g/mol. The Morgan fingerprint density at radius 1 is 0.554 bits per heavy atom. The van der Waals surface area contributed by atoms with Crippen molar-refractivity contribution >= 4 is 17.9 Å². The number of ether oxygens (including phenoxy) is 3. The van der Waals surface area contributed by atoms with E-state index in [2.05, 4.69) is 62.5 Å². The van der Waals surface area contributed by atoms with Gasteiger partial charge in [0, 0.05) is 19.3 Å². The van der Waals surface area contributed by atoms with Crippen molar-refractivity contribution in [1.82, 2.24) is 0 Å². The molecule has 0 aliphatic heterocycles. The van der Waals surface area contributed by atoms with Gasteiger partial charge in [-0.25, -0.2) is 4.79 Å². The lowest BCUT2D eigenvalue weighted by molar-refractivity contribution is -0.887. The molecule has 8 nitrogen and oxygen atoms in total. The van der Waals surface area contributed by atoms with Crippen molar-refractivity contribution in [3.63, 3.8) is 0 Å². The molecule has 1 N–H and O–H groups in total. The molecule has 0 aromatic carbocycles. The summed E-state index contributed by atoms with van der Waals surface area (Å²) < 4.78 is 17.3. The van der Waals surface area contributed by atoms with Crippen LogP contribution in [0.3, 0.4) is 0 Å². The fourth-order valence-corrected chi connectivity index (χ4v) is 6.41. The average molecular weight is 789 g/mol. The molecule has 56 heavy (non-hydrogen) atoms. The van der Waals surface area contributed by atoms with Crippen molar-refractivity contribution in [2.24, 2.45) is 0 Å². The van der Waals surface area contributed by atoms with Gasteiger partial charge in [0.05, 0.1) is 34.4 Å².